The third-order valence-electron chi connectivity index (χ3n) is 4.65. The number of alkyl halides is 3. The molecule has 0 bridgehead atoms. The summed E-state index contributed by atoms with van der Waals surface area (Å²) in [4.78, 5) is 16.4. The number of carbonyl (C=O) groups excluding carboxylic acids is 1. The first-order valence-corrected chi connectivity index (χ1v) is 9.94. The van der Waals surface area contributed by atoms with Gasteiger partial charge in [0.1, 0.15) is 5.75 Å². The second-order valence-electron chi connectivity index (χ2n) is 6.99. The summed E-state index contributed by atoms with van der Waals surface area (Å²) < 4.78 is 66.5. The van der Waals surface area contributed by atoms with Crippen molar-refractivity contribution in [2.45, 2.75) is 12.7 Å². The first-order valence-electron chi connectivity index (χ1n) is 9.94. The Balaban J connectivity index is 1.51. The maximum atomic E-state index is 14.4. The van der Waals surface area contributed by atoms with Gasteiger partial charge in [0.25, 0.3) is 5.91 Å². The maximum Gasteiger partial charge on any atom is 0.434 e. The van der Waals surface area contributed by atoms with E-state index in [0.717, 1.165) is 12.3 Å². The van der Waals surface area contributed by atoms with Crippen LogP contribution in [0.3, 0.4) is 0 Å². The van der Waals surface area contributed by atoms with Crippen molar-refractivity contribution in [2.24, 2.45) is 0 Å². The third kappa shape index (κ3) is 5.34. The van der Waals surface area contributed by atoms with E-state index >= 15 is 0 Å². The van der Waals surface area contributed by atoms with Crippen LogP contribution in [-0.4, -0.2) is 38.0 Å². The summed E-state index contributed by atoms with van der Waals surface area (Å²) in [6.07, 6.45) is -1.21. The number of hydrogen-bond acceptors (Lipinski definition) is 7. The molecule has 0 atom stereocenters. The van der Waals surface area contributed by atoms with Gasteiger partial charge in [0, 0.05) is 18.8 Å². The molecule has 1 N–H and O–H groups in total. The van der Waals surface area contributed by atoms with Gasteiger partial charge in [-0.05, 0) is 35.9 Å². The van der Waals surface area contributed by atoms with Crippen molar-refractivity contribution in [3.63, 3.8) is 0 Å². The van der Waals surface area contributed by atoms with E-state index in [1.807, 2.05) is 0 Å². The zero-order chi connectivity index (χ0) is 25.0. The minimum atomic E-state index is -4.93. The Morgan fingerprint density at radius 2 is 1.94 bits per heavy atom. The van der Waals surface area contributed by atoms with Crippen molar-refractivity contribution < 1.29 is 31.8 Å². The lowest BCUT2D eigenvalue weighted by Crippen LogP contribution is -2.26. The third-order valence-corrected chi connectivity index (χ3v) is 4.65. The number of nitrogens with zero attached hydrogens (tertiary/aromatic N) is 5. The molecule has 0 saturated carbocycles. The molecule has 13 heteroatoms. The number of methoxy groups -OCH3 is 1. The van der Waals surface area contributed by atoms with Gasteiger partial charge in [-0.2, -0.15) is 18.3 Å². The first kappa shape index (κ1) is 23.6. The molecule has 0 fully saturated rings. The molecule has 0 radical (unpaired) electrons. The van der Waals surface area contributed by atoms with E-state index in [1.165, 1.54) is 43.8 Å². The second kappa shape index (κ2) is 9.75. The summed E-state index contributed by atoms with van der Waals surface area (Å²) in [6, 6.07) is 9.65. The van der Waals surface area contributed by atoms with Crippen molar-refractivity contribution in [3.8, 4) is 23.2 Å². The number of ether oxygens (including phenoxy) is 2. The van der Waals surface area contributed by atoms with Crippen molar-refractivity contribution in [1.82, 2.24) is 30.3 Å². The smallest absolute Gasteiger partial charge is 0.434 e. The summed E-state index contributed by atoms with van der Waals surface area (Å²) in [5.41, 5.74) is -1.76. The standard InChI is InChI=1S/C22H16F4N6O3/c1-34-19-7-6-18(30-31-19)32-20(22(24,25)26)15(12-29-32)21(33)28-10-13-4-5-17(16(23)9-13)35-14-3-2-8-27-11-14/h2-9,11-12H,10H2,1H3,(H,28,33). The van der Waals surface area contributed by atoms with Crippen molar-refractivity contribution in [1.29, 1.82) is 0 Å². The molecule has 3 heterocycles. The van der Waals surface area contributed by atoms with Gasteiger partial charge in [-0.1, -0.05) is 6.07 Å². The molecular formula is C22H16F4N6O3. The highest BCUT2D eigenvalue weighted by Crippen LogP contribution is 2.33. The van der Waals surface area contributed by atoms with Gasteiger partial charge in [-0.15, -0.1) is 10.2 Å². The lowest BCUT2D eigenvalue weighted by atomic mass is 10.2. The Labute approximate surface area is 195 Å². The van der Waals surface area contributed by atoms with Crippen LogP contribution in [0, 0.1) is 5.82 Å². The van der Waals surface area contributed by atoms with E-state index in [1.54, 1.807) is 12.1 Å². The topological polar surface area (TPSA) is 104 Å². The van der Waals surface area contributed by atoms with Gasteiger partial charge in [0.2, 0.25) is 5.88 Å². The van der Waals surface area contributed by atoms with Crippen molar-refractivity contribution in [2.75, 3.05) is 7.11 Å². The summed E-state index contributed by atoms with van der Waals surface area (Å²) in [5.74, 6) is -1.69. The number of amides is 1. The van der Waals surface area contributed by atoms with Gasteiger partial charge >= 0.3 is 6.18 Å². The predicted molar refractivity (Wildman–Crippen MR) is 113 cm³/mol. The predicted octanol–water partition coefficient (Wildman–Crippen LogP) is 3.95. The molecule has 1 aromatic carbocycles. The Morgan fingerprint density at radius 3 is 2.57 bits per heavy atom. The van der Waals surface area contributed by atoms with Crippen LogP contribution in [0.15, 0.2) is 61.1 Å². The summed E-state index contributed by atoms with van der Waals surface area (Å²) in [7, 11) is 1.33. The van der Waals surface area contributed by atoms with Gasteiger partial charge in [-0.3, -0.25) is 9.78 Å². The molecular weight excluding hydrogens is 472 g/mol. The van der Waals surface area contributed by atoms with E-state index in [9.17, 15) is 22.4 Å². The average molecular weight is 488 g/mol. The molecule has 4 aromatic rings. The van der Waals surface area contributed by atoms with Crippen molar-refractivity contribution in [3.05, 3.63) is 83.7 Å². The Morgan fingerprint density at radius 1 is 1.11 bits per heavy atom. The van der Waals surface area contributed by atoms with Crippen LogP contribution in [0.1, 0.15) is 21.6 Å². The van der Waals surface area contributed by atoms with Crippen molar-refractivity contribution >= 4 is 5.91 Å². The highest BCUT2D eigenvalue weighted by molar-refractivity contribution is 5.95. The van der Waals surface area contributed by atoms with E-state index < -0.39 is 29.2 Å². The SMILES string of the molecule is COc1ccc(-n2ncc(C(=O)NCc3ccc(Oc4cccnc4)c(F)c3)c2C(F)(F)F)nn1. The molecule has 9 nitrogen and oxygen atoms in total. The molecule has 4 rings (SSSR count). The van der Waals surface area contributed by atoms with Gasteiger partial charge in [0.15, 0.2) is 23.1 Å². The number of carbonyl (C=O) groups is 1. The number of hydrogen-bond donors (Lipinski definition) is 1. The lowest BCUT2D eigenvalue weighted by molar-refractivity contribution is -0.143. The molecule has 0 spiro atoms. The Kier molecular flexibility index (Phi) is 6.57. The number of nitrogens with one attached hydrogen (secondary N) is 1. The van der Waals surface area contributed by atoms with Crippen LogP contribution in [0.5, 0.6) is 17.4 Å². The molecule has 0 aliphatic rings. The molecule has 180 valence electrons. The Bertz CT molecular complexity index is 1330. The molecule has 3 aromatic heterocycles. The zero-order valence-corrected chi connectivity index (χ0v) is 18.0. The van der Waals surface area contributed by atoms with Gasteiger partial charge in [0.05, 0.1) is 25.1 Å². The quantitative estimate of drug-likeness (QED) is 0.393. The maximum absolute atomic E-state index is 14.4. The fourth-order valence-corrected chi connectivity index (χ4v) is 3.04. The van der Waals surface area contributed by atoms with Gasteiger partial charge in [-0.25, -0.2) is 9.07 Å². The van der Waals surface area contributed by atoms with Crippen LogP contribution in [0.2, 0.25) is 0 Å². The normalized spacial score (nSPS) is 11.2. The minimum absolute atomic E-state index is 0.0747. The molecule has 0 aliphatic carbocycles. The van der Waals surface area contributed by atoms with Crippen LogP contribution in [-0.2, 0) is 12.7 Å². The Hall–Kier alpha value is -4.55. The second-order valence-corrected chi connectivity index (χ2v) is 6.99. The molecule has 0 saturated heterocycles. The molecule has 0 unspecified atom stereocenters. The van der Waals surface area contributed by atoms with E-state index in [2.05, 4.69) is 25.6 Å². The van der Waals surface area contributed by atoms with Crippen LogP contribution >= 0.6 is 0 Å². The minimum Gasteiger partial charge on any atom is -0.480 e. The van der Waals surface area contributed by atoms with Gasteiger partial charge < -0.3 is 14.8 Å². The molecule has 35 heavy (non-hydrogen) atoms. The molecule has 0 aliphatic heterocycles. The molecule has 1 amide bonds. The number of rotatable bonds is 7. The van der Waals surface area contributed by atoms with E-state index in [0.29, 0.717) is 16.0 Å². The number of aromatic nitrogens is 5. The van der Waals surface area contributed by atoms with E-state index in [4.69, 9.17) is 9.47 Å². The summed E-state index contributed by atoms with van der Waals surface area (Å²) >= 11 is 0. The lowest BCUT2D eigenvalue weighted by Gasteiger charge is -2.12. The fraction of sp³-hybridized carbons (Fsp3) is 0.136. The monoisotopic (exact) mass is 488 g/mol. The summed E-state index contributed by atoms with van der Waals surface area (Å²) in [6.45, 7) is -0.242. The largest absolute Gasteiger partial charge is 0.480 e. The fourth-order valence-electron chi connectivity index (χ4n) is 3.04. The average Bonchev–Trinajstić information content (AvgIpc) is 3.31. The number of halogens is 4. The summed E-state index contributed by atoms with van der Waals surface area (Å²) in [5, 5.41) is 13.3. The zero-order valence-electron chi connectivity index (χ0n) is 18.0. The van der Waals surface area contributed by atoms with E-state index in [-0.39, 0.29) is 24.0 Å². The number of pyridine rings is 1. The van der Waals surface area contributed by atoms with Crippen LogP contribution in [0.4, 0.5) is 17.6 Å². The highest BCUT2D eigenvalue weighted by Gasteiger charge is 2.41. The highest BCUT2D eigenvalue weighted by atomic mass is 19.4. The number of benzene rings is 1. The van der Waals surface area contributed by atoms with Crippen LogP contribution < -0.4 is 14.8 Å². The van der Waals surface area contributed by atoms with Crippen LogP contribution in [0.25, 0.3) is 5.82 Å². The first-order chi connectivity index (χ1) is 16.8.